The minimum atomic E-state index is 0.148. The highest BCUT2D eigenvalue weighted by Crippen LogP contribution is 2.23. The SMILES string of the molecule is CC(CNC(=O)C1CCC(N)C1)N(C)C. The van der Waals surface area contributed by atoms with Gasteiger partial charge in [-0.2, -0.15) is 0 Å². The number of carbonyl (C=O) groups excluding carboxylic acids is 1. The van der Waals surface area contributed by atoms with Crippen molar-refractivity contribution in [2.45, 2.75) is 38.3 Å². The molecule has 1 aliphatic carbocycles. The third-order valence-electron chi connectivity index (χ3n) is 3.30. The Balaban J connectivity index is 2.24. The lowest BCUT2D eigenvalue weighted by atomic mass is 10.1. The van der Waals surface area contributed by atoms with Crippen molar-refractivity contribution in [2.24, 2.45) is 11.7 Å². The van der Waals surface area contributed by atoms with Gasteiger partial charge in [-0.05, 0) is 40.3 Å². The molecule has 0 bridgehead atoms. The van der Waals surface area contributed by atoms with Crippen LogP contribution in [0.2, 0.25) is 0 Å². The van der Waals surface area contributed by atoms with Gasteiger partial charge in [0.1, 0.15) is 0 Å². The number of nitrogens with one attached hydrogen (secondary N) is 1. The van der Waals surface area contributed by atoms with Gasteiger partial charge in [-0.25, -0.2) is 0 Å². The number of likely N-dealkylation sites (N-methyl/N-ethyl adjacent to an activating group) is 1. The molecule has 3 unspecified atom stereocenters. The minimum Gasteiger partial charge on any atom is -0.354 e. The predicted octanol–water partition coefficient (Wildman–Crippen LogP) is 0.180. The fourth-order valence-corrected chi connectivity index (χ4v) is 1.83. The molecule has 4 heteroatoms. The van der Waals surface area contributed by atoms with Crippen molar-refractivity contribution in [1.29, 1.82) is 0 Å². The van der Waals surface area contributed by atoms with Gasteiger partial charge in [-0.15, -0.1) is 0 Å². The number of nitrogens with zero attached hydrogens (tertiary/aromatic N) is 1. The smallest absolute Gasteiger partial charge is 0.223 e. The number of amides is 1. The predicted molar refractivity (Wildman–Crippen MR) is 61.5 cm³/mol. The third kappa shape index (κ3) is 3.80. The van der Waals surface area contributed by atoms with E-state index in [0.29, 0.717) is 6.04 Å². The topological polar surface area (TPSA) is 58.4 Å². The Kier molecular flexibility index (Phi) is 4.54. The summed E-state index contributed by atoms with van der Waals surface area (Å²) in [5.74, 6) is 0.325. The van der Waals surface area contributed by atoms with Gasteiger partial charge in [-0.3, -0.25) is 4.79 Å². The fourth-order valence-electron chi connectivity index (χ4n) is 1.83. The largest absolute Gasteiger partial charge is 0.354 e. The average Bonchev–Trinajstić information content (AvgIpc) is 2.60. The van der Waals surface area contributed by atoms with Crippen molar-refractivity contribution in [1.82, 2.24) is 10.2 Å². The summed E-state index contributed by atoms with van der Waals surface area (Å²) in [4.78, 5) is 13.8. The van der Waals surface area contributed by atoms with Gasteiger partial charge in [0.05, 0.1) is 0 Å². The van der Waals surface area contributed by atoms with E-state index in [1.54, 1.807) is 0 Å². The highest BCUT2D eigenvalue weighted by atomic mass is 16.1. The number of hydrogen-bond donors (Lipinski definition) is 2. The van der Waals surface area contributed by atoms with Gasteiger partial charge in [0.25, 0.3) is 0 Å². The summed E-state index contributed by atoms with van der Waals surface area (Å²) in [7, 11) is 4.03. The van der Waals surface area contributed by atoms with E-state index in [1.807, 2.05) is 14.1 Å². The maximum atomic E-state index is 11.7. The second kappa shape index (κ2) is 5.47. The quantitative estimate of drug-likeness (QED) is 0.700. The molecule has 1 aliphatic rings. The van der Waals surface area contributed by atoms with Crippen LogP contribution in [0.25, 0.3) is 0 Å². The molecular weight excluding hydrogens is 190 g/mol. The maximum Gasteiger partial charge on any atom is 0.223 e. The monoisotopic (exact) mass is 213 g/mol. The molecule has 4 nitrogen and oxygen atoms in total. The van der Waals surface area contributed by atoms with Gasteiger partial charge in [0.15, 0.2) is 0 Å². The van der Waals surface area contributed by atoms with Crippen LogP contribution in [0.4, 0.5) is 0 Å². The van der Waals surface area contributed by atoms with E-state index >= 15 is 0 Å². The van der Waals surface area contributed by atoms with Gasteiger partial charge >= 0.3 is 0 Å². The Labute approximate surface area is 92.2 Å². The van der Waals surface area contributed by atoms with Gasteiger partial charge < -0.3 is 16.0 Å². The number of nitrogens with two attached hydrogens (primary N) is 1. The zero-order chi connectivity index (χ0) is 11.4. The lowest BCUT2D eigenvalue weighted by Gasteiger charge is -2.21. The first-order chi connectivity index (χ1) is 7.00. The molecule has 88 valence electrons. The Morgan fingerprint density at radius 1 is 1.53 bits per heavy atom. The second-order valence-corrected chi connectivity index (χ2v) is 4.83. The van der Waals surface area contributed by atoms with Crippen molar-refractivity contribution in [3.8, 4) is 0 Å². The summed E-state index contributed by atoms with van der Waals surface area (Å²) in [5, 5.41) is 2.99. The summed E-state index contributed by atoms with van der Waals surface area (Å²) in [6.45, 7) is 2.82. The molecule has 0 aromatic rings. The van der Waals surface area contributed by atoms with E-state index in [2.05, 4.69) is 17.1 Å². The number of carbonyl (C=O) groups is 1. The van der Waals surface area contributed by atoms with Gasteiger partial charge in [0.2, 0.25) is 5.91 Å². The molecule has 0 aromatic heterocycles. The standard InChI is InChI=1S/C11H23N3O/c1-8(14(2)3)7-13-11(15)9-4-5-10(12)6-9/h8-10H,4-7,12H2,1-3H3,(H,13,15). The van der Waals surface area contributed by atoms with Gasteiger partial charge in [0, 0.05) is 24.5 Å². The summed E-state index contributed by atoms with van der Waals surface area (Å²) in [6.07, 6.45) is 2.78. The lowest BCUT2D eigenvalue weighted by molar-refractivity contribution is -0.125. The van der Waals surface area contributed by atoms with Crippen molar-refractivity contribution < 1.29 is 4.79 Å². The van der Waals surface area contributed by atoms with Crippen LogP contribution in [0.15, 0.2) is 0 Å². The molecule has 0 radical (unpaired) electrons. The normalized spacial score (nSPS) is 28.1. The molecule has 0 aliphatic heterocycles. The van der Waals surface area contributed by atoms with Crippen LogP contribution in [0.1, 0.15) is 26.2 Å². The summed E-state index contributed by atoms with van der Waals surface area (Å²) >= 11 is 0. The zero-order valence-corrected chi connectivity index (χ0v) is 9.99. The van der Waals surface area contributed by atoms with Crippen LogP contribution in [0, 0.1) is 5.92 Å². The van der Waals surface area contributed by atoms with E-state index < -0.39 is 0 Å². The maximum absolute atomic E-state index is 11.7. The Bertz CT molecular complexity index is 218. The molecule has 0 spiro atoms. The highest BCUT2D eigenvalue weighted by molar-refractivity contribution is 5.79. The van der Waals surface area contributed by atoms with Crippen LogP contribution in [-0.2, 0) is 4.79 Å². The molecule has 1 amide bonds. The van der Waals surface area contributed by atoms with E-state index in [1.165, 1.54) is 0 Å². The molecule has 3 atom stereocenters. The third-order valence-corrected chi connectivity index (χ3v) is 3.30. The average molecular weight is 213 g/mol. The molecule has 0 heterocycles. The van der Waals surface area contributed by atoms with E-state index in [9.17, 15) is 4.79 Å². The van der Waals surface area contributed by atoms with Crippen LogP contribution in [-0.4, -0.2) is 43.5 Å². The molecule has 3 N–H and O–H groups in total. The molecule has 15 heavy (non-hydrogen) atoms. The first kappa shape index (κ1) is 12.5. The fraction of sp³-hybridized carbons (Fsp3) is 0.909. The number of hydrogen-bond acceptors (Lipinski definition) is 3. The lowest BCUT2D eigenvalue weighted by Crippen LogP contribution is -2.40. The van der Waals surface area contributed by atoms with E-state index in [4.69, 9.17) is 5.73 Å². The second-order valence-electron chi connectivity index (χ2n) is 4.83. The van der Waals surface area contributed by atoms with Crippen molar-refractivity contribution in [3.63, 3.8) is 0 Å². The Morgan fingerprint density at radius 2 is 2.20 bits per heavy atom. The number of rotatable bonds is 4. The molecule has 0 saturated heterocycles. The van der Waals surface area contributed by atoms with Crippen molar-refractivity contribution >= 4 is 5.91 Å². The van der Waals surface area contributed by atoms with Crippen molar-refractivity contribution in [3.05, 3.63) is 0 Å². The van der Waals surface area contributed by atoms with Crippen LogP contribution in [0.5, 0.6) is 0 Å². The molecule has 1 saturated carbocycles. The first-order valence-corrected chi connectivity index (χ1v) is 5.70. The summed E-state index contributed by atoms with van der Waals surface area (Å²) < 4.78 is 0. The van der Waals surface area contributed by atoms with Gasteiger partial charge in [-0.1, -0.05) is 0 Å². The van der Waals surface area contributed by atoms with Crippen LogP contribution in [0.3, 0.4) is 0 Å². The van der Waals surface area contributed by atoms with E-state index in [-0.39, 0.29) is 17.9 Å². The first-order valence-electron chi connectivity index (χ1n) is 5.70. The van der Waals surface area contributed by atoms with Crippen LogP contribution < -0.4 is 11.1 Å². The van der Waals surface area contributed by atoms with Crippen molar-refractivity contribution in [2.75, 3.05) is 20.6 Å². The summed E-state index contributed by atoms with van der Waals surface area (Å²) in [5.41, 5.74) is 5.78. The Hall–Kier alpha value is -0.610. The molecule has 1 fully saturated rings. The highest BCUT2D eigenvalue weighted by Gasteiger charge is 2.27. The Morgan fingerprint density at radius 3 is 2.67 bits per heavy atom. The van der Waals surface area contributed by atoms with Crippen LogP contribution >= 0.6 is 0 Å². The molecule has 0 aromatic carbocycles. The summed E-state index contributed by atoms with van der Waals surface area (Å²) in [6, 6.07) is 0.607. The molecule has 1 rings (SSSR count). The minimum absolute atomic E-state index is 0.148. The zero-order valence-electron chi connectivity index (χ0n) is 9.99. The van der Waals surface area contributed by atoms with E-state index in [0.717, 1.165) is 25.8 Å². The molecular formula is C11H23N3O.